The SMILES string of the molecule is COc1cccc(C(c2ccncc2)N2CCCCC2C(=O)O)c1OC. The number of rotatable bonds is 6. The lowest BCUT2D eigenvalue weighted by Gasteiger charge is -2.40. The fourth-order valence-corrected chi connectivity index (χ4v) is 3.75. The zero-order chi connectivity index (χ0) is 18.5. The number of methoxy groups -OCH3 is 2. The lowest BCUT2D eigenvalue weighted by Crippen LogP contribution is -2.46. The van der Waals surface area contributed by atoms with Gasteiger partial charge in [0.05, 0.1) is 20.3 Å². The topological polar surface area (TPSA) is 71.9 Å². The van der Waals surface area contributed by atoms with Crippen molar-refractivity contribution in [3.63, 3.8) is 0 Å². The highest BCUT2D eigenvalue weighted by molar-refractivity contribution is 5.74. The molecule has 1 N–H and O–H groups in total. The Bertz CT molecular complexity index is 751. The number of piperidine rings is 1. The van der Waals surface area contributed by atoms with Crippen molar-refractivity contribution >= 4 is 5.97 Å². The summed E-state index contributed by atoms with van der Waals surface area (Å²) < 4.78 is 11.1. The van der Waals surface area contributed by atoms with Gasteiger partial charge in [-0.1, -0.05) is 18.6 Å². The number of pyridine rings is 1. The van der Waals surface area contributed by atoms with Gasteiger partial charge in [0, 0.05) is 18.0 Å². The van der Waals surface area contributed by atoms with Crippen LogP contribution in [-0.2, 0) is 4.79 Å². The lowest BCUT2D eigenvalue weighted by molar-refractivity contribution is -0.145. The number of hydrogen-bond acceptors (Lipinski definition) is 5. The summed E-state index contributed by atoms with van der Waals surface area (Å²) in [6, 6.07) is 8.80. The lowest BCUT2D eigenvalue weighted by atomic mass is 9.91. The van der Waals surface area contributed by atoms with Crippen molar-refractivity contribution < 1.29 is 19.4 Å². The number of carbonyl (C=O) groups is 1. The van der Waals surface area contributed by atoms with Gasteiger partial charge in [0.1, 0.15) is 6.04 Å². The van der Waals surface area contributed by atoms with E-state index >= 15 is 0 Å². The maximum absolute atomic E-state index is 11.9. The molecule has 1 aromatic heterocycles. The van der Waals surface area contributed by atoms with Crippen LogP contribution in [0.5, 0.6) is 11.5 Å². The van der Waals surface area contributed by atoms with Crippen LogP contribution in [0.1, 0.15) is 36.4 Å². The first-order valence-electron chi connectivity index (χ1n) is 8.76. The number of hydrogen-bond donors (Lipinski definition) is 1. The van der Waals surface area contributed by atoms with Crippen molar-refractivity contribution in [3.8, 4) is 11.5 Å². The second-order valence-electron chi connectivity index (χ2n) is 6.35. The van der Waals surface area contributed by atoms with E-state index in [9.17, 15) is 9.90 Å². The number of carboxylic acid groups (broad SMARTS) is 1. The maximum atomic E-state index is 11.9. The molecule has 0 aliphatic carbocycles. The summed E-state index contributed by atoms with van der Waals surface area (Å²) in [5.41, 5.74) is 1.88. The Balaban J connectivity index is 2.15. The molecule has 1 fully saturated rings. The molecule has 1 aliphatic heterocycles. The van der Waals surface area contributed by atoms with Gasteiger partial charge >= 0.3 is 5.97 Å². The molecule has 1 aromatic carbocycles. The number of nitrogens with zero attached hydrogens (tertiary/aromatic N) is 2. The average molecular weight is 356 g/mol. The highest BCUT2D eigenvalue weighted by Gasteiger charge is 2.36. The van der Waals surface area contributed by atoms with E-state index in [2.05, 4.69) is 9.88 Å². The fourth-order valence-electron chi connectivity index (χ4n) is 3.75. The van der Waals surface area contributed by atoms with Crippen molar-refractivity contribution in [2.75, 3.05) is 20.8 Å². The number of para-hydroxylation sites is 1. The minimum absolute atomic E-state index is 0.246. The molecular weight excluding hydrogens is 332 g/mol. The quantitative estimate of drug-likeness (QED) is 0.857. The van der Waals surface area contributed by atoms with Crippen LogP contribution in [0.3, 0.4) is 0 Å². The normalized spacial score (nSPS) is 18.9. The molecular formula is C20H24N2O4. The summed E-state index contributed by atoms with van der Waals surface area (Å²) in [7, 11) is 3.21. The minimum Gasteiger partial charge on any atom is -0.493 e. The van der Waals surface area contributed by atoms with Gasteiger partial charge in [-0.2, -0.15) is 0 Å². The summed E-state index contributed by atoms with van der Waals surface area (Å²) in [5, 5.41) is 9.77. The van der Waals surface area contributed by atoms with Gasteiger partial charge in [-0.25, -0.2) is 0 Å². The summed E-state index contributed by atoms with van der Waals surface area (Å²) in [6.45, 7) is 0.713. The molecule has 0 saturated carbocycles. The molecule has 2 aromatic rings. The van der Waals surface area contributed by atoms with Gasteiger partial charge in [-0.3, -0.25) is 14.7 Å². The van der Waals surface area contributed by atoms with E-state index < -0.39 is 12.0 Å². The Labute approximate surface area is 153 Å². The third-order valence-corrected chi connectivity index (χ3v) is 4.91. The van der Waals surface area contributed by atoms with Crippen LogP contribution in [0.2, 0.25) is 0 Å². The Morgan fingerprint density at radius 3 is 2.62 bits per heavy atom. The average Bonchev–Trinajstić information content (AvgIpc) is 2.69. The first-order chi connectivity index (χ1) is 12.7. The number of ether oxygens (including phenoxy) is 2. The Kier molecular flexibility index (Phi) is 5.73. The van der Waals surface area contributed by atoms with E-state index in [4.69, 9.17) is 9.47 Å². The molecule has 6 heteroatoms. The second-order valence-corrected chi connectivity index (χ2v) is 6.35. The van der Waals surface area contributed by atoms with Gasteiger partial charge in [0.2, 0.25) is 0 Å². The molecule has 3 rings (SSSR count). The van der Waals surface area contributed by atoms with E-state index in [1.165, 1.54) is 0 Å². The number of carboxylic acids is 1. The predicted octanol–water partition coefficient (Wildman–Crippen LogP) is 3.13. The van der Waals surface area contributed by atoms with Crippen LogP contribution >= 0.6 is 0 Å². The standard InChI is InChI=1S/C20H24N2O4/c1-25-17-8-5-6-15(19(17)26-2)18(14-9-11-21-12-10-14)22-13-4-3-7-16(22)20(23)24/h5-6,8-12,16,18H,3-4,7,13H2,1-2H3,(H,23,24). The summed E-state index contributed by atoms with van der Waals surface area (Å²) in [5.74, 6) is 0.477. The molecule has 138 valence electrons. The van der Waals surface area contributed by atoms with Gasteiger partial charge < -0.3 is 14.6 Å². The van der Waals surface area contributed by atoms with E-state index in [0.29, 0.717) is 24.5 Å². The third kappa shape index (κ3) is 3.51. The summed E-state index contributed by atoms with van der Waals surface area (Å²) in [6.07, 6.45) is 6.00. The summed E-state index contributed by atoms with van der Waals surface area (Å²) >= 11 is 0. The number of benzene rings is 1. The van der Waals surface area contributed by atoms with Gasteiger partial charge in [-0.15, -0.1) is 0 Å². The molecule has 1 aliphatic rings. The van der Waals surface area contributed by atoms with Crippen molar-refractivity contribution in [2.24, 2.45) is 0 Å². The van der Waals surface area contributed by atoms with Gasteiger partial charge in [0.25, 0.3) is 0 Å². The highest BCUT2D eigenvalue weighted by Crippen LogP contribution is 2.42. The third-order valence-electron chi connectivity index (χ3n) is 4.91. The van der Waals surface area contributed by atoms with Crippen LogP contribution in [-0.4, -0.2) is 47.8 Å². The maximum Gasteiger partial charge on any atom is 0.320 e. The fraction of sp³-hybridized carbons (Fsp3) is 0.400. The van der Waals surface area contributed by atoms with Crippen molar-refractivity contribution in [3.05, 3.63) is 53.9 Å². The Morgan fingerprint density at radius 1 is 1.19 bits per heavy atom. The van der Waals surface area contributed by atoms with Crippen LogP contribution in [0.25, 0.3) is 0 Å². The van der Waals surface area contributed by atoms with Gasteiger partial charge in [0.15, 0.2) is 11.5 Å². The molecule has 1 saturated heterocycles. The molecule has 6 nitrogen and oxygen atoms in total. The van der Waals surface area contributed by atoms with E-state index in [1.54, 1.807) is 26.6 Å². The van der Waals surface area contributed by atoms with Gasteiger partial charge in [-0.05, 0) is 43.1 Å². The molecule has 2 atom stereocenters. The first-order valence-corrected chi connectivity index (χ1v) is 8.76. The zero-order valence-electron chi connectivity index (χ0n) is 15.1. The van der Waals surface area contributed by atoms with E-state index in [-0.39, 0.29) is 6.04 Å². The van der Waals surface area contributed by atoms with Crippen LogP contribution < -0.4 is 9.47 Å². The molecule has 2 heterocycles. The molecule has 0 amide bonds. The van der Waals surface area contributed by atoms with Crippen molar-refractivity contribution in [1.29, 1.82) is 0 Å². The summed E-state index contributed by atoms with van der Waals surface area (Å²) in [4.78, 5) is 18.1. The monoisotopic (exact) mass is 356 g/mol. The van der Waals surface area contributed by atoms with E-state index in [1.807, 2.05) is 30.3 Å². The van der Waals surface area contributed by atoms with E-state index in [0.717, 1.165) is 24.0 Å². The Hall–Kier alpha value is -2.60. The highest BCUT2D eigenvalue weighted by atomic mass is 16.5. The molecule has 0 bridgehead atoms. The number of likely N-dealkylation sites (tertiary alicyclic amines) is 1. The first kappa shape index (κ1) is 18.2. The molecule has 0 radical (unpaired) electrons. The molecule has 0 spiro atoms. The zero-order valence-corrected chi connectivity index (χ0v) is 15.1. The van der Waals surface area contributed by atoms with Crippen LogP contribution in [0.15, 0.2) is 42.7 Å². The van der Waals surface area contributed by atoms with Crippen molar-refractivity contribution in [1.82, 2.24) is 9.88 Å². The second kappa shape index (κ2) is 8.19. The van der Waals surface area contributed by atoms with Crippen LogP contribution in [0, 0.1) is 0 Å². The smallest absolute Gasteiger partial charge is 0.320 e. The number of aromatic nitrogens is 1. The molecule has 26 heavy (non-hydrogen) atoms. The minimum atomic E-state index is -0.786. The number of aliphatic carboxylic acids is 1. The predicted molar refractivity (Wildman–Crippen MR) is 97.6 cm³/mol. The molecule has 2 unspecified atom stereocenters. The van der Waals surface area contributed by atoms with Crippen molar-refractivity contribution in [2.45, 2.75) is 31.3 Å². The Morgan fingerprint density at radius 2 is 1.96 bits per heavy atom. The largest absolute Gasteiger partial charge is 0.493 e. The van der Waals surface area contributed by atoms with Crippen LogP contribution in [0.4, 0.5) is 0 Å².